The fourth-order valence-electron chi connectivity index (χ4n) is 4.98. The highest BCUT2D eigenvalue weighted by Gasteiger charge is 2.60. The molecule has 0 radical (unpaired) electrons. The fourth-order valence-corrected chi connectivity index (χ4v) is 4.98. The zero-order valence-electron chi connectivity index (χ0n) is 17.6. The number of nitrogens with one attached hydrogen (secondary N) is 1. The van der Waals surface area contributed by atoms with E-state index < -0.39 is 5.41 Å². The number of ether oxygens (including phenoxy) is 1. The van der Waals surface area contributed by atoms with Gasteiger partial charge in [-0.3, -0.25) is 9.59 Å². The molecule has 6 heteroatoms. The molecule has 3 rings (SSSR count). The highest BCUT2D eigenvalue weighted by atomic mass is 16.5. The Morgan fingerprint density at radius 2 is 2.03 bits per heavy atom. The van der Waals surface area contributed by atoms with Crippen molar-refractivity contribution >= 4 is 11.8 Å². The molecular formula is C23H34N2O4. The molecule has 0 spiro atoms. The molecule has 2 aliphatic rings. The van der Waals surface area contributed by atoms with E-state index in [-0.39, 0.29) is 36.9 Å². The standard InChI is InChI=1S/C23H34N2O4/c1-17(2)10-12-23(16-18-8-9-20(23)25(18)21(27)11-14-26)22(28)24-13-15-29-19-6-4-3-5-7-19/h3-7,17-18,20,26H,8-16H2,1-2H3,(H,24,28)/t18-,20+,23+/m1/s1. The third-order valence-electron chi connectivity index (χ3n) is 6.37. The van der Waals surface area contributed by atoms with Crippen LogP contribution in [-0.2, 0) is 9.59 Å². The molecular weight excluding hydrogens is 368 g/mol. The fraction of sp³-hybridized carbons (Fsp3) is 0.652. The van der Waals surface area contributed by atoms with Crippen molar-refractivity contribution in [2.45, 2.75) is 64.5 Å². The third-order valence-corrected chi connectivity index (χ3v) is 6.37. The van der Waals surface area contributed by atoms with Crippen LogP contribution in [0, 0.1) is 11.3 Å². The minimum absolute atomic E-state index is 0.0216. The second-order valence-electron chi connectivity index (χ2n) is 8.73. The molecule has 160 valence electrons. The SMILES string of the molecule is CC(C)CC[C@]1(C(=O)NCCOc2ccccc2)C[C@H]2CC[C@@H]1N2C(=O)CCO. The van der Waals surface area contributed by atoms with Gasteiger partial charge in [0, 0.05) is 18.5 Å². The largest absolute Gasteiger partial charge is 0.492 e. The van der Waals surface area contributed by atoms with E-state index in [2.05, 4.69) is 19.2 Å². The Hall–Kier alpha value is -2.08. The van der Waals surface area contributed by atoms with Crippen LogP contribution in [0.3, 0.4) is 0 Å². The van der Waals surface area contributed by atoms with Crippen LogP contribution in [0.1, 0.15) is 52.4 Å². The van der Waals surface area contributed by atoms with E-state index in [0.717, 1.165) is 37.9 Å². The van der Waals surface area contributed by atoms with Gasteiger partial charge in [-0.05, 0) is 50.2 Å². The molecule has 2 heterocycles. The number of nitrogens with zero attached hydrogens (tertiary/aromatic N) is 1. The highest BCUT2D eigenvalue weighted by Crippen LogP contribution is 2.53. The van der Waals surface area contributed by atoms with Gasteiger partial charge < -0.3 is 20.1 Å². The molecule has 1 aromatic carbocycles. The van der Waals surface area contributed by atoms with Gasteiger partial charge in [-0.2, -0.15) is 0 Å². The molecule has 2 bridgehead atoms. The summed E-state index contributed by atoms with van der Waals surface area (Å²) in [6.45, 7) is 5.05. The van der Waals surface area contributed by atoms with Gasteiger partial charge in [0.15, 0.2) is 0 Å². The van der Waals surface area contributed by atoms with Crippen molar-refractivity contribution in [1.82, 2.24) is 10.2 Å². The molecule has 0 aromatic heterocycles. The topological polar surface area (TPSA) is 78.9 Å². The minimum Gasteiger partial charge on any atom is -0.492 e. The van der Waals surface area contributed by atoms with Crippen molar-refractivity contribution in [2.75, 3.05) is 19.8 Å². The van der Waals surface area contributed by atoms with Gasteiger partial charge in [-0.1, -0.05) is 32.0 Å². The summed E-state index contributed by atoms with van der Waals surface area (Å²) < 4.78 is 5.70. The minimum atomic E-state index is -0.523. The number of hydrogen-bond acceptors (Lipinski definition) is 4. The lowest BCUT2D eigenvalue weighted by Gasteiger charge is -2.36. The van der Waals surface area contributed by atoms with E-state index in [9.17, 15) is 14.7 Å². The van der Waals surface area contributed by atoms with Crippen molar-refractivity contribution in [3.05, 3.63) is 30.3 Å². The zero-order chi connectivity index (χ0) is 20.9. The summed E-state index contributed by atoms with van der Waals surface area (Å²) in [7, 11) is 0. The van der Waals surface area contributed by atoms with Crippen LogP contribution in [-0.4, -0.2) is 53.7 Å². The number of aliphatic hydroxyl groups excluding tert-OH is 1. The molecule has 2 fully saturated rings. The molecule has 3 atom stereocenters. The summed E-state index contributed by atoms with van der Waals surface area (Å²) >= 11 is 0. The summed E-state index contributed by atoms with van der Waals surface area (Å²) in [5.74, 6) is 1.31. The van der Waals surface area contributed by atoms with Crippen molar-refractivity contribution < 1.29 is 19.4 Å². The van der Waals surface area contributed by atoms with Crippen LogP contribution < -0.4 is 10.1 Å². The number of benzene rings is 1. The lowest BCUT2D eigenvalue weighted by molar-refractivity contribution is -0.137. The van der Waals surface area contributed by atoms with Gasteiger partial charge in [-0.15, -0.1) is 0 Å². The van der Waals surface area contributed by atoms with E-state index >= 15 is 0 Å². The van der Waals surface area contributed by atoms with E-state index in [1.165, 1.54) is 0 Å². The number of hydrogen-bond donors (Lipinski definition) is 2. The van der Waals surface area contributed by atoms with Crippen LogP contribution in [0.15, 0.2) is 30.3 Å². The number of rotatable bonds is 10. The predicted octanol–water partition coefficient (Wildman–Crippen LogP) is 2.75. The van der Waals surface area contributed by atoms with Crippen LogP contribution >= 0.6 is 0 Å². The molecule has 29 heavy (non-hydrogen) atoms. The Bertz CT molecular complexity index is 693. The van der Waals surface area contributed by atoms with Crippen molar-refractivity contribution in [2.24, 2.45) is 11.3 Å². The number of para-hydroxylation sites is 1. The number of fused-ring (bicyclic) bond motifs is 2. The summed E-state index contributed by atoms with van der Waals surface area (Å²) in [5.41, 5.74) is -0.523. The van der Waals surface area contributed by atoms with Gasteiger partial charge in [-0.25, -0.2) is 0 Å². The van der Waals surface area contributed by atoms with Crippen LogP contribution in [0.5, 0.6) is 5.75 Å². The van der Waals surface area contributed by atoms with E-state index in [0.29, 0.717) is 19.1 Å². The highest BCUT2D eigenvalue weighted by molar-refractivity contribution is 5.87. The average Bonchev–Trinajstić information content (AvgIpc) is 3.27. The smallest absolute Gasteiger partial charge is 0.228 e. The molecule has 2 aliphatic heterocycles. The number of carbonyl (C=O) groups is 2. The molecule has 2 amide bonds. The second-order valence-corrected chi connectivity index (χ2v) is 8.73. The number of amides is 2. The van der Waals surface area contributed by atoms with Crippen LogP contribution in [0.25, 0.3) is 0 Å². The first-order valence-corrected chi connectivity index (χ1v) is 10.9. The van der Waals surface area contributed by atoms with E-state index in [1.807, 2.05) is 35.2 Å². The third kappa shape index (κ3) is 4.74. The first kappa shape index (κ1) is 21.6. The van der Waals surface area contributed by atoms with Gasteiger partial charge in [0.25, 0.3) is 0 Å². The molecule has 2 saturated heterocycles. The van der Waals surface area contributed by atoms with Crippen LogP contribution in [0.2, 0.25) is 0 Å². The quantitative estimate of drug-likeness (QED) is 0.590. The van der Waals surface area contributed by atoms with E-state index in [1.54, 1.807) is 0 Å². The first-order chi connectivity index (χ1) is 14.0. The first-order valence-electron chi connectivity index (χ1n) is 10.9. The monoisotopic (exact) mass is 402 g/mol. The van der Waals surface area contributed by atoms with Gasteiger partial charge in [0.2, 0.25) is 11.8 Å². The molecule has 6 nitrogen and oxygen atoms in total. The second kappa shape index (κ2) is 9.61. The average molecular weight is 403 g/mol. The maximum absolute atomic E-state index is 13.4. The number of carbonyl (C=O) groups excluding carboxylic acids is 2. The Kier molecular flexibility index (Phi) is 7.17. The van der Waals surface area contributed by atoms with E-state index in [4.69, 9.17) is 4.74 Å². The lowest BCUT2D eigenvalue weighted by atomic mass is 9.69. The predicted molar refractivity (Wildman–Crippen MR) is 111 cm³/mol. The maximum Gasteiger partial charge on any atom is 0.228 e. The van der Waals surface area contributed by atoms with Gasteiger partial charge in [0.05, 0.1) is 18.6 Å². The summed E-state index contributed by atoms with van der Waals surface area (Å²) in [5, 5.41) is 12.3. The molecule has 1 aromatic rings. The summed E-state index contributed by atoms with van der Waals surface area (Å²) in [6, 6.07) is 9.63. The number of aliphatic hydroxyl groups is 1. The van der Waals surface area contributed by atoms with Crippen LogP contribution in [0.4, 0.5) is 0 Å². The zero-order valence-corrected chi connectivity index (χ0v) is 17.6. The molecule has 0 saturated carbocycles. The molecule has 2 N–H and O–H groups in total. The molecule has 0 aliphatic carbocycles. The van der Waals surface area contributed by atoms with Crippen molar-refractivity contribution in [3.8, 4) is 5.75 Å². The van der Waals surface area contributed by atoms with Gasteiger partial charge >= 0.3 is 0 Å². The Balaban J connectivity index is 1.65. The normalized spacial score (nSPS) is 25.4. The Labute approximate surface area is 173 Å². The lowest BCUT2D eigenvalue weighted by Crippen LogP contribution is -2.50. The Morgan fingerprint density at radius 3 is 2.72 bits per heavy atom. The maximum atomic E-state index is 13.4. The van der Waals surface area contributed by atoms with Crippen molar-refractivity contribution in [1.29, 1.82) is 0 Å². The molecule has 0 unspecified atom stereocenters. The Morgan fingerprint density at radius 1 is 1.28 bits per heavy atom. The summed E-state index contributed by atoms with van der Waals surface area (Å²) in [6.07, 6.45) is 4.44. The van der Waals surface area contributed by atoms with Gasteiger partial charge in [0.1, 0.15) is 12.4 Å². The van der Waals surface area contributed by atoms with Crippen molar-refractivity contribution in [3.63, 3.8) is 0 Å². The summed E-state index contributed by atoms with van der Waals surface area (Å²) in [4.78, 5) is 27.9.